The van der Waals surface area contributed by atoms with E-state index in [2.05, 4.69) is 0 Å². The molecule has 0 radical (unpaired) electrons. The molecule has 3 unspecified atom stereocenters. The number of hydrogen-bond acceptors (Lipinski definition) is 4. The molecule has 0 aromatic heterocycles. The Bertz CT molecular complexity index is 282. The van der Waals surface area contributed by atoms with Crippen LogP contribution in [0.15, 0.2) is 0 Å². The van der Waals surface area contributed by atoms with Gasteiger partial charge in [0.2, 0.25) is 0 Å². The molecule has 0 spiro atoms. The zero-order valence-electron chi connectivity index (χ0n) is 9.39. The average Bonchev–Trinajstić information content (AvgIpc) is 2.69. The summed E-state index contributed by atoms with van der Waals surface area (Å²) in [4.78, 5) is 24.8. The lowest BCUT2D eigenvalue weighted by Crippen LogP contribution is -2.53. The number of aliphatic hydroxyl groups is 1. The molecule has 0 aliphatic carbocycles. The molecule has 16 heavy (non-hydrogen) atoms. The van der Waals surface area contributed by atoms with Crippen molar-refractivity contribution in [3.8, 4) is 0 Å². The Kier molecular flexibility index (Phi) is 3.25. The van der Waals surface area contributed by atoms with Crippen molar-refractivity contribution < 1.29 is 19.4 Å². The minimum Gasteiger partial charge on any atom is -0.391 e. The largest absolute Gasteiger partial charge is 0.391 e. The normalized spacial score (nSPS) is 31.0. The van der Waals surface area contributed by atoms with Gasteiger partial charge in [0.1, 0.15) is 12.2 Å². The lowest BCUT2D eigenvalue weighted by atomic mass is 10.2. The minimum absolute atomic E-state index is 0.113. The lowest BCUT2D eigenvalue weighted by molar-refractivity contribution is -0.170. The van der Waals surface area contributed by atoms with E-state index in [0.717, 1.165) is 6.42 Å². The molecule has 2 fully saturated rings. The van der Waals surface area contributed by atoms with Crippen molar-refractivity contribution in [3.05, 3.63) is 0 Å². The molecular weight excluding hydrogens is 210 g/mol. The van der Waals surface area contributed by atoms with Crippen molar-refractivity contribution in [3.63, 3.8) is 0 Å². The second-order valence-corrected chi connectivity index (χ2v) is 4.42. The second-order valence-electron chi connectivity index (χ2n) is 4.42. The number of hydrogen-bond donors (Lipinski definition) is 1. The Balaban J connectivity index is 2.02. The maximum absolute atomic E-state index is 11.8. The van der Waals surface area contributed by atoms with Crippen LogP contribution in [0.25, 0.3) is 0 Å². The molecule has 2 rings (SSSR count). The summed E-state index contributed by atoms with van der Waals surface area (Å²) < 4.78 is 5.27. The van der Waals surface area contributed by atoms with Crippen LogP contribution >= 0.6 is 0 Å². The molecule has 5 heteroatoms. The minimum atomic E-state index is -0.615. The zero-order chi connectivity index (χ0) is 11.7. The molecule has 2 bridgehead atoms. The number of rotatable bonds is 4. The van der Waals surface area contributed by atoms with E-state index in [0.29, 0.717) is 19.3 Å². The molecule has 2 saturated heterocycles. The van der Waals surface area contributed by atoms with Gasteiger partial charge in [0.05, 0.1) is 12.6 Å². The molecule has 0 aromatic carbocycles. The number of morpholine rings is 1. The van der Waals surface area contributed by atoms with Crippen LogP contribution in [-0.2, 0) is 14.3 Å². The smallest absolute Gasteiger partial charge is 0.258 e. The summed E-state index contributed by atoms with van der Waals surface area (Å²) >= 11 is 0. The third kappa shape index (κ3) is 1.97. The van der Waals surface area contributed by atoms with E-state index in [1.165, 1.54) is 4.90 Å². The number of fused-ring (bicyclic) bond motifs is 2. The summed E-state index contributed by atoms with van der Waals surface area (Å²) in [5.41, 5.74) is 0. The predicted molar refractivity (Wildman–Crippen MR) is 55.5 cm³/mol. The number of likely N-dealkylation sites (tertiary alicyclic amines) is 1. The van der Waals surface area contributed by atoms with E-state index in [1.54, 1.807) is 0 Å². The van der Waals surface area contributed by atoms with E-state index < -0.39 is 18.3 Å². The van der Waals surface area contributed by atoms with Crippen molar-refractivity contribution in [2.45, 2.75) is 50.9 Å². The van der Waals surface area contributed by atoms with Gasteiger partial charge in [-0.1, -0.05) is 13.3 Å². The maximum atomic E-state index is 11.8. The summed E-state index contributed by atoms with van der Waals surface area (Å²) in [6, 6.07) is 0. The first-order chi connectivity index (χ1) is 7.63. The quantitative estimate of drug-likeness (QED) is 0.690. The first-order valence-corrected chi connectivity index (χ1v) is 5.82. The van der Waals surface area contributed by atoms with Crippen LogP contribution in [0.3, 0.4) is 0 Å². The second kappa shape index (κ2) is 4.51. The highest BCUT2D eigenvalue weighted by Gasteiger charge is 2.46. The Morgan fingerprint density at radius 2 is 1.94 bits per heavy atom. The van der Waals surface area contributed by atoms with Crippen molar-refractivity contribution in [1.82, 2.24) is 4.90 Å². The summed E-state index contributed by atoms with van der Waals surface area (Å²) in [7, 11) is 0. The first-order valence-electron chi connectivity index (χ1n) is 5.82. The first kappa shape index (κ1) is 11.5. The van der Waals surface area contributed by atoms with Crippen LogP contribution in [0.4, 0.5) is 0 Å². The Morgan fingerprint density at radius 1 is 1.38 bits per heavy atom. The van der Waals surface area contributed by atoms with E-state index in [1.807, 2.05) is 6.92 Å². The van der Waals surface area contributed by atoms with Crippen LogP contribution in [0.1, 0.15) is 32.6 Å². The highest BCUT2D eigenvalue weighted by molar-refractivity contribution is 6.02. The van der Waals surface area contributed by atoms with Gasteiger partial charge in [-0.3, -0.25) is 14.5 Å². The number of aliphatic hydroxyl groups excluding tert-OH is 1. The van der Waals surface area contributed by atoms with E-state index in [4.69, 9.17) is 4.74 Å². The van der Waals surface area contributed by atoms with Gasteiger partial charge in [-0.15, -0.1) is 0 Å². The number of ether oxygens (including phenoxy) is 1. The predicted octanol–water partition coefficient (Wildman–Crippen LogP) is 0.0638. The molecule has 5 nitrogen and oxygen atoms in total. The fourth-order valence-electron chi connectivity index (χ4n) is 2.27. The van der Waals surface area contributed by atoms with Crippen LogP contribution in [0.5, 0.6) is 0 Å². The van der Waals surface area contributed by atoms with Gasteiger partial charge in [-0.05, 0) is 19.3 Å². The molecule has 0 saturated carbocycles. The summed E-state index contributed by atoms with van der Waals surface area (Å²) in [6.45, 7) is 2.07. The lowest BCUT2D eigenvalue weighted by Gasteiger charge is -2.31. The number of carbonyl (C=O) groups excluding carboxylic acids is 2. The zero-order valence-corrected chi connectivity index (χ0v) is 9.39. The molecule has 1 N–H and O–H groups in total. The number of nitrogens with zero attached hydrogens (tertiary/aromatic N) is 1. The average molecular weight is 227 g/mol. The van der Waals surface area contributed by atoms with Crippen LogP contribution in [0.2, 0.25) is 0 Å². The van der Waals surface area contributed by atoms with Gasteiger partial charge >= 0.3 is 0 Å². The van der Waals surface area contributed by atoms with E-state index in [-0.39, 0.29) is 18.4 Å². The number of carbonyl (C=O) groups is 2. The summed E-state index contributed by atoms with van der Waals surface area (Å²) in [6.07, 6.45) is 1.14. The fourth-order valence-corrected chi connectivity index (χ4v) is 2.27. The third-order valence-corrected chi connectivity index (χ3v) is 3.12. The maximum Gasteiger partial charge on any atom is 0.258 e. The van der Waals surface area contributed by atoms with Gasteiger partial charge in [0, 0.05) is 0 Å². The molecule has 2 aliphatic rings. The summed E-state index contributed by atoms with van der Waals surface area (Å²) in [5.74, 6) is -0.567. The van der Waals surface area contributed by atoms with Crippen molar-refractivity contribution in [2.24, 2.45) is 0 Å². The van der Waals surface area contributed by atoms with Gasteiger partial charge in [-0.2, -0.15) is 0 Å². The fraction of sp³-hybridized carbons (Fsp3) is 0.818. The third-order valence-electron chi connectivity index (χ3n) is 3.12. The molecule has 2 heterocycles. The molecule has 90 valence electrons. The number of imide groups is 1. The van der Waals surface area contributed by atoms with Crippen molar-refractivity contribution in [1.29, 1.82) is 0 Å². The topological polar surface area (TPSA) is 66.8 Å². The molecular formula is C11H17NO4. The molecule has 2 amide bonds. The Labute approximate surface area is 94.4 Å². The van der Waals surface area contributed by atoms with E-state index >= 15 is 0 Å². The van der Waals surface area contributed by atoms with Crippen LogP contribution < -0.4 is 0 Å². The molecule has 3 atom stereocenters. The van der Waals surface area contributed by atoms with E-state index in [9.17, 15) is 14.7 Å². The van der Waals surface area contributed by atoms with Crippen LogP contribution in [0, 0.1) is 0 Å². The molecule has 2 aliphatic heterocycles. The highest BCUT2D eigenvalue weighted by atomic mass is 16.5. The highest BCUT2D eigenvalue weighted by Crippen LogP contribution is 2.28. The van der Waals surface area contributed by atoms with Crippen molar-refractivity contribution >= 4 is 11.8 Å². The Morgan fingerprint density at radius 3 is 2.44 bits per heavy atom. The molecule has 0 aromatic rings. The van der Waals surface area contributed by atoms with Crippen molar-refractivity contribution in [2.75, 3.05) is 6.54 Å². The standard InChI is InChI=1S/C11H17NO4/c1-2-3-7(13)6-12-10(14)8-4-5-9(16-8)11(12)15/h7-9,13H,2-6H2,1H3. The Hall–Kier alpha value is -0.940. The SMILES string of the molecule is CCCC(O)CN1C(=O)C2CCC(O2)C1=O. The number of β-amino-alcohol motifs (C(OH)–C–C–N with tert-alkyl or cyclic N) is 1. The van der Waals surface area contributed by atoms with Gasteiger partial charge < -0.3 is 9.84 Å². The monoisotopic (exact) mass is 227 g/mol. The number of amides is 2. The summed E-state index contributed by atoms with van der Waals surface area (Å²) in [5, 5.41) is 9.64. The van der Waals surface area contributed by atoms with Gasteiger partial charge in [0.15, 0.2) is 0 Å². The van der Waals surface area contributed by atoms with Gasteiger partial charge in [-0.25, -0.2) is 0 Å². The van der Waals surface area contributed by atoms with Gasteiger partial charge in [0.25, 0.3) is 11.8 Å². The van der Waals surface area contributed by atoms with Crippen LogP contribution in [-0.4, -0.2) is 46.7 Å².